The number of carbonyl (C=O) groups is 3. The molecule has 0 saturated carbocycles. The van der Waals surface area contributed by atoms with E-state index in [-0.39, 0.29) is 11.1 Å². The van der Waals surface area contributed by atoms with Crippen molar-refractivity contribution in [3.8, 4) is 0 Å². The summed E-state index contributed by atoms with van der Waals surface area (Å²) < 4.78 is 0. The Morgan fingerprint density at radius 3 is 2.64 bits per heavy atom. The lowest BCUT2D eigenvalue weighted by Gasteiger charge is -2.00. The van der Waals surface area contributed by atoms with E-state index < -0.39 is 16.8 Å². The Balaban J connectivity index is 2.67. The van der Waals surface area contributed by atoms with Crippen molar-refractivity contribution in [2.75, 3.05) is 0 Å². The van der Waals surface area contributed by atoms with Crippen molar-refractivity contribution in [1.29, 1.82) is 0 Å². The second-order valence-electron chi connectivity index (χ2n) is 2.77. The van der Waals surface area contributed by atoms with E-state index in [1.54, 1.807) is 0 Å². The van der Waals surface area contributed by atoms with Crippen LogP contribution in [0.1, 0.15) is 20.7 Å². The molecule has 1 aromatic rings. The number of nitrogens with two attached hydrogens (primary N) is 1. The van der Waals surface area contributed by atoms with Crippen LogP contribution in [0.5, 0.6) is 0 Å². The summed E-state index contributed by atoms with van der Waals surface area (Å²) in [4.78, 5) is 33.7. The first-order valence-electron chi connectivity index (χ1n) is 3.80. The molecule has 0 spiro atoms. The van der Waals surface area contributed by atoms with Gasteiger partial charge in [0.05, 0.1) is 5.56 Å². The normalized spacial score (nSPS) is 14.3. The summed E-state index contributed by atoms with van der Waals surface area (Å²) in [6, 6.07) is 4.55. The maximum absolute atomic E-state index is 11.2. The molecule has 0 radical (unpaired) electrons. The molecule has 4 nitrogen and oxygen atoms in total. The Bertz CT molecular complexity index is 467. The van der Waals surface area contributed by atoms with Crippen LogP contribution in [0.4, 0.5) is 0 Å². The highest BCUT2D eigenvalue weighted by Gasteiger charge is 2.32. The number of ketones is 1. The molecule has 14 heavy (non-hydrogen) atoms. The van der Waals surface area contributed by atoms with Crippen molar-refractivity contribution in [3.63, 3.8) is 0 Å². The van der Waals surface area contributed by atoms with Crippen LogP contribution in [0.25, 0.3) is 0 Å². The van der Waals surface area contributed by atoms with E-state index in [2.05, 4.69) is 0 Å². The SMILES string of the molecule is NC(=O)c1cccc2c1SC(=O)C2=O. The predicted molar refractivity (Wildman–Crippen MR) is 50.2 cm³/mol. The zero-order chi connectivity index (χ0) is 10.3. The fourth-order valence-electron chi connectivity index (χ4n) is 1.27. The molecule has 1 aromatic carbocycles. The Morgan fingerprint density at radius 2 is 2.00 bits per heavy atom. The third-order valence-corrected chi connectivity index (χ3v) is 2.92. The predicted octanol–water partition coefficient (Wildman–Crippen LogP) is 0.601. The number of amides is 1. The molecule has 0 saturated heterocycles. The van der Waals surface area contributed by atoms with Gasteiger partial charge in [-0.3, -0.25) is 14.4 Å². The fourth-order valence-corrected chi connectivity index (χ4v) is 2.21. The number of carbonyl (C=O) groups excluding carboxylic acids is 3. The van der Waals surface area contributed by atoms with E-state index in [4.69, 9.17) is 5.73 Å². The number of hydrogen-bond donors (Lipinski definition) is 1. The maximum Gasteiger partial charge on any atom is 0.264 e. The van der Waals surface area contributed by atoms with Gasteiger partial charge in [-0.25, -0.2) is 0 Å². The third kappa shape index (κ3) is 1.13. The van der Waals surface area contributed by atoms with E-state index in [0.717, 1.165) is 11.8 Å². The fraction of sp³-hybridized carbons (Fsp3) is 0. The molecule has 1 aliphatic heterocycles. The summed E-state index contributed by atoms with van der Waals surface area (Å²) in [5.41, 5.74) is 5.61. The van der Waals surface area contributed by atoms with Gasteiger partial charge in [0.2, 0.25) is 11.7 Å². The molecule has 2 N–H and O–H groups in total. The molecular weight excluding hydrogens is 202 g/mol. The summed E-state index contributed by atoms with van der Waals surface area (Å²) in [5, 5.41) is -0.561. The molecule has 2 rings (SSSR count). The second kappa shape index (κ2) is 2.95. The average molecular weight is 207 g/mol. The Hall–Kier alpha value is -1.62. The smallest absolute Gasteiger partial charge is 0.264 e. The van der Waals surface area contributed by atoms with Crippen LogP contribution in [0.3, 0.4) is 0 Å². The Kier molecular flexibility index (Phi) is 1.89. The summed E-state index contributed by atoms with van der Waals surface area (Å²) in [6.45, 7) is 0. The number of primary amides is 1. The largest absolute Gasteiger partial charge is 0.366 e. The number of benzene rings is 1. The first kappa shape index (κ1) is 8.96. The first-order chi connectivity index (χ1) is 6.61. The van der Waals surface area contributed by atoms with Gasteiger partial charge in [-0.15, -0.1) is 0 Å². The summed E-state index contributed by atoms with van der Waals surface area (Å²) in [5.74, 6) is -1.19. The molecule has 0 aliphatic carbocycles. The van der Waals surface area contributed by atoms with E-state index in [9.17, 15) is 14.4 Å². The van der Waals surface area contributed by atoms with Crippen molar-refractivity contribution < 1.29 is 14.4 Å². The van der Waals surface area contributed by atoms with Gasteiger partial charge in [0.1, 0.15) is 0 Å². The van der Waals surface area contributed by atoms with E-state index in [1.165, 1.54) is 18.2 Å². The van der Waals surface area contributed by atoms with Gasteiger partial charge in [-0.2, -0.15) is 0 Å². The minimum Gasteiger partial charge on any atom is -0.366 e. The highest BCUT2D eigenvalue weighted by molar-refractivity contribution is 8.16. The maximum atomic E-state index is 11.2. The lowest BCUT2D eigenvalue weighted by Crippen LogP contribution is -2.12. The molecule has 0 aromatic heterocycles. The number of thioether (sulfide) groups is 1. The van der Waals surface area contributed by atoms with Crippen molar-refractivity contribution in [2.24, 2.45) is 5.73 Å². The van der Waals surface area contributed by atoms with Crippen molar-refractivity contribution in [3.05, 3.63) is 29.3 Å². The minimum atomic E-state index is -0.628. The van der Waals surface area contributed by atoms with Gasteiger partial charge in [0.15, 0.2) is 0 Å². The van der Waals surface area contributed by atoms with Crippen LogP contribution in [0.2, 0.25) is 0 Å². The zero-order valence-corrected chi connectivity index (χ0v) is 7.76. The van der Waals surface area contributed by atoms with E-state index in [1.807, 2.05) is 0 Å². The van der Waals surface area contributed by atoms with Gasteiger partial charge >= 0.3 is 0 Å². The molecule has 1 aliphatic rings. The van der Waals surface area contributed by atoms with Gasteiger partial charge in [0.25, 0.3) is 5.12 Å². The van der Waals surface area contributed by atoms with Crippen LogP contribution in [-0.2, 0) is 4.79 Å². The Morgan fingerprint density at radius 1 is 1.29 bits per heavy atom. The monoisotopic (exact) mass is 207 g/mol. The highest BCUT2D eigenvalue weighted by Crippen LogP contribution is 2.34. The Labute approximate surface area is 83.5 Å². The second-order valence-corrected chi connectivity index (χ2v) is 3.75. The highest BCUT2D eigenvalue weighted by atomic mass is 32.2. The molecule has 0 atom stereocenters. The molecule has 1 heterocycles. The third-order valence-electron chi connectivity index (χ3n) is 1.91. The lowest BCUT2D eigenvalue weighted by molar-refractivity contribution is -0.107. The number of fused-ring (bicyclic) bond motifs is 1. The molecule has 0 unspecified atom stereocenters. The van der Waals surface area contributed by atoms with Crippen LogP contribution in [0, 0.1) is 0 Å². The number of hydrogen-bond acceptors (Lipinski definition) is 4. The molecular formula is C9H5NO3S. The zero-order valence-electron chi connectivity index (χ0n) is 6.94. The van der Waals surface area contributed by atoms with Gasteiger partial charge < -0.3 is 5.73 Å². The lowest BCUT2D eigenvalue weighted by atomic mass is 10.1. The van der Waals surface area contributed by atoms with Crippen LogP contribution in [0.15, 0.2) is 23.1 Å². The van der Waals surface area contributed by atoms with Crippen LogP contribution < -0.4 is 5.73 Å². The molecule has 1 amide bonds. The van der Waals surface area contributed by atoms with Crippen molar-refractivity contribution in [1.82, 2.24) is 0 Å². The van der Waals surface area contributed by atoms with E-state index >= 15 is 0 Å². The first-order valence-corrected chi connectivity index (χ1v) is 4.62. The average Bonchev–Trinajstić information content (AvgIpc) is 2.43. The molecule has 5 heteroatoms. The van der Waals surface area contributed by atoms with Crippen LogP contribution >= 0.6 is 11.8 Å². The van der Waals surface area contributed by atoms with Gasteiger partial charge in [0, 0.05) is 10.5 Å². The van der Waals surface area contributed by atoms with Crippen molar-refractivity contribution in [2.45, 2.75) is 4.90 Å². The molecule has 70 valence electrons. The summed E-state index contributed by atoms with van der Waals surface area (Å²) >= 11 is 0.765. The summed E-state index contributed by atoms with van der Waals surface area (Å²) in [7, 11) is 0. The van der Waals surface area contributed by atoms with Gasteiger partial charge in [-0.05, 0) is 23.9 Å². The topological polar surface area (TPSA) is 77.2 Å². The van der Waals surface area contributed by atoms with Crippen LogP contribution in [-0.4, -0.2) is 16.8 Å². The summed E-state index contributed by atoms with van der Waals surface area (Å²) in [6.07, 6.45) is 0. The van der Waals surface area contributed by atoms with Crippen molar-refractivity contribution >= 4 is 28.6 Å². The standard InChI is InChI=1S/C9H5NO3S/c10-8(12)5-3-1-2-4-6(11)9(13)14-7(4)5/h1-3H,(H2,10,12). The van der Waals surface area contributed by atoms with E-state index in [0.29, 0.717) is 4.90 Å². The molecule has 0 bridgehead atoms. The molecule has 0 fully saturated rings. The quantitative estimate of drug-likeness (QED) is 0.684. The number of Topliss-reactive ketones (excluding diaryl/α,β-unsaturated/α-hetero) is 1. The van der Waals surface area contributed by atoms with Gasteiger partial charge in [-0.1, -0.05) is 6.07 Å². The number of rotatable bonds is 1. The minimum absolute atomic E-state index is 0.228.